The van der Waals surface area contributed by atoms with Gasteiger partial charge in [0.25, 0.3) is 0 Å². The number of nitrogens with one attached hydrogen (secondary N) is 2. The molecule has 0 radical (unpaired) electrons. The Hall–Kier alpha value is -2.18. The second kappa shape index (κ2) is 6.72. The fraction of sp³-hybridized carbons (Fsp3) is 0.188. The fourth-order valence-corrected chi connectivity index (χ4v) is 3.10. The van der Waals surface area contributed by atoms with Gasteiger partial charge in [0.2, 0.25) is 15.9 Å². The Labute approximate surface area is 130 Å². The number of amides is 1. The number of hydrogen-bond donors (Lipinski definition) is 2. The third-order valence-electron chi connectivity index (χ3n) is 2.98. The van der Waals surface area contributed by atoms with Gasteiger partial charge in [-0.25, -0.2) is 13.1 Å². The summed E-state index contributed by atoms with van der Waals surface area (Å²) in [7, 11) is -3.67. The predicted molar refractivity (Wildman–Crippen MR) is 86.2 cm³/mol. The van der Waals surface area contributed by atoms with Gasteiger partial charge in [0.1, 0.15) is 0 Å². The van der Waals surface area contributed by atoms with E-state index in [-0.39, 0.29) is 11.4 Å². The number of anilines is 1. The number of carbonyl (C=O) groups excluding carboxylic acids is 1. The first-order valence-electron chi connectivity index (χ1n) is 6.80. The lowest BCUT2D eigenvalue weighted by atomic mass is 10.1. The molecule has 116 valence electrons. The van der Waals surface area contributed by atoms with Crippen LogP contribution in [0.1, 0.15) is 11.1 Å². The van der Waals surface area contributed by atoms with Crippen LogP contribution in [0.3, 0.4) is 0 Å². The molecule has 0 bridgehead atoms. The number of sulfonamides is 1. The van der Waals surface area contributed by atoms with Crippen LogP contribution in [0.4, 0.5) is 5.69 Å². The molecule has 22 heavy (non-hydrogen) atoms. The monoisotopic (exact) mass is 318 g/mol. The summed E-state index contributed by atoms with van der Waals surface area (Å²) in [5.74, 6) is -0.412. The van der Waals surface area contributed by atoms with Crippen molar-refractivity contribution in [1.29, 1.82) is 0 Å². The first kappa shape index (κ1) is 16.2. The summed E-state index contributed by atoms with van der Waals surface area (Å²) in [5.41, 5.74) is 2.71. The third-order valence-corrected chi connectivity index (χ3v) is 4.40. The second-order valence-corrected chi connectivity index (χ2v) is 6.83. The van der Waals surface area contributed by atoms with Gasteiger partial charge in [-0.1, -0.05) is 24.3 Å². The molecule has 0 unspecified atom stereocenters. The summed E-state index contributed by atoms with van der Waals surface area (Å²) < 4.78 is 26.3. The van der Waals surface area contributed by atoms with Gasteiger partial charge in [-0.2, -0.15) is 0 Å². The molecule has 0 saturated heterocycles. The lowest BCUT2D eigenvalue weighted by molar-refractivity contribution is -0.115. The predicted octanol–water partition coefficient (Wildman–Crippen LogP) is 2.22. The van der Waals surface area contributed by atoms with Crippen LogP contribution in [-0.4, -0.2) is 20.9 Å². The Morgan fingerprint density at radius 3 is 2.18 bits per heavy atom. The van der Waals surface area contributed by atoms with E-state index >= 15 is 0 Å². The summed E-state index contributed by atoms with van der Waals surface area (Å²) >= 11 is 0. The van der Waals surface area contributed by atoms with Crippen LogP contribution in [0.15, 0.2) is 53.4 Å². The molecule has 0 heterocycles. The highest BCUT2D eigenvalue weighted by atomic mass is 32.2. The molecule has 0 aliphatic rings. The minimum Gasteiger partial charge on any atom is -0.325 e. The van der Waals surface area contributed by atoms with E-state index in [4.69, 9.17) is 0 Å². The second-order valence-electron chi connectivity index (χ2n) is 5.06. The van der Waals surface area contributed by atoms with E-state index in [0.29, 0.717) is 5.69 Å². The molecule has 2 N–H and O–H groups in total. The minimum absolute atomic E-state index is 0.134. The van der Waals surface area contributed by atoms with Gasteiger partial charge in [-0.05, 0) is 49.2 Å². The summed E-state index contributed by atoms with van der Waals surface area (Å²) in [5, 5.41) is 2.68. The molecule has 0 aromatic heterocycles. The first-order valence-corrected chi connectivity index (χ1v) is 8.28. The van der Waals surface area contributed by atoms with Crippen molar-refractivity contribution in [3.05, 3.63) is 59.7 Å². The fourth-order valence-electron chi connectivity index (χ4n) is 2.10. The van der Waals surface area contributed by atoms with E-state index in [2.05, 4.69) is 10.0 Å². The molecule has 2 rings (SSSR count). The molecular formula is C16H18N2O3S. The van der Waals surface area contributed by atoms with E-state index in [1.165, 1.54) is 12.1 Å². The van der Waals surface area contributed by atoms with Crippen LogP contribution in [0, 0.1) is 13.8 Å². The van der Waals surface area contributed by atoms with Crippen molar-refractivity contribution in [2.45, 2.75) is 18.7 Å². The zero-order chi connectivity index (χ0) is 16.2. The summed E-state index contributed by atoms with van der Waals surface area (Å²) in [6, 6.07) is 13.6. The molecule has 0 fully saturated rings. The highest BCUT2D eigenvalue weighted by Crippen LogP contribution is 2.13. The van der Waals surface area contributed by atoms with E-state index in [1.807, 2.05) is 32.0 Å². The molecule has 6 heteroatoms. The van der Waals surface area contributed by atoms with Crippen molar-refractivity contribution in [2.24, 2.45) is 0 Å². The molecule has 0 atom stereocenters. The van der Waals surface area contributed by atoms with Crippen LogP contribution < -0.4 is 10.0 Å². The normalized spacial score (nSPS) is 11.2. The summed E-state index contributed by atoms with van der Waals surface area (Å²) in [6.45, 7) is 3.55. The van der Waals surface area contributed by atoms with Crippen LogP contribution >= 0.6 is 0 Å². The van der Waals surface area contributed by atoms with Gasteiger partial charge in [0.15, 0.2) is 0 Å². The van der Waals surface area contributed by atoms with Crippen molar-refractivity contribution in [2.75, 3.05) is 11.9 Å². The van der Waals surface area contributed by atoms with Crippen LogP contribution in [0.25, 0.3) is 0 Å². The average Bonchev–Trinajstić information content (AvgIpc) is 2.45. The highest BCUT2D eigenvalue weighted by molar-refractivity contribution is 7.89. The Morgan fingerprint density at radius 1 is 1.00 bits per heavy atom. The van der Waals surface area contributed by atoms with E-state index in [0.717, 1.165) is 11.1 Å². The Kier molecular flexibility index (Phi) is 4.95. The molecule has 0 aliphatic carbocycles. The SMILES string of the molecule is Cc1cc(C)cc(NC(=O)CNS(=O)(=O)c2ccccc2)c1. The molecule has 2 aromatic carbocycles. The average molecular weight is 318 g/mol. The van der Waals surface area contributed by atoms with Gasteiger partial charge >= 0.3 is 0 Å². The van der Waals surface area contributed by atoms with Crippen molar-refractivity contribution < 1.29 is 13.2 Å². The third kappa shape index (κ3) is 4.41. The smallest absolute Gasteiger partial charge is 0.241 e. The Bertz CT molecular complexity index is 751. The Balaban J connectivity index is 1.98. The van der Waals surface area contributed by atoms with Gasteiger partial charge < -0.3 is 5.32 Å². The van der Waals surface area contributed by atoms with E-state index < -0.39 is 15.9 Å². The zero-order valence-corrected chi connectivity index (χ0v) is 13.3. The largest absolute Gasteiger partial charge is 0.325 e. The van der Waals surface area contributed by atoms with Crippen molar-refractivity contribution in [3.8, 4) is 0 Å². The number of carbonyl (C=O) groups is 1. The maximum absolute atomic E-state index is 12.0. The van der Waals surface area contributed by atoms with Crippen molar-refractivity contribution in [3.63, 3.8) is 0 Å². The number of hydrogen-bond acceptors (Lipinski definition) is 3. The van der Waals surface area contributed by atoms with Crippen molar-refractivity contribution >= 4 is 21.6 Å². The maximum Gasteiger partial charge on any atom is 0.241 e. The molecule has 0 spiro atoms. The van der Waals surface area contributed by atoms with Gasteiger partial charge in [0.05, 0.1) is 11.4 Å². The van der Waals surface area contributed by atoms with Gasteiger partial charge in [-0.3, -0.25) is 4.79 Å². The summed E-state index contributed by atoms with van der Waals surface area (Å²) in [6.07, 6.45) is 0. The highest BCUT2D eigenvalue weighted by Gasteiger charge is 2.14. The lowest BCUT2D eigenvalue weighted by Gasteiger charge is -2.09. The number of rotatable bonds is 5. The van der Waals surface area contributed by atoms with Crippen molar-refractivity contribution in [1.82, 2.24) is 4.72 Å². The topological polar surface area (TPSA) is 75.3 Å². The van der Waals surface area contributed by atoms with Crippen LogP contribution in [0.5, 0.6) is 0 Å². The van der Waals surface area contributed by atoms with Gasteiger partial charge in [0, 0.05) is 5.69 Å². The number of benzene rings is 2. The summed E-state index contributed by atoms with van der Waals surface area (Å²) in [4.78, 5) is 12.0. The molecular weight excluding hydrogens is 300 g/mol. The quantitative estimate of drug-likeness (QED) is 0.887. The maximum atomic E-state index is 12.0. The first-order chi connectivity index (χ1) is 10.4. The Morgan fingerprint density at radius 2 is 1.59 bits per heavy atom. The molecule has 2 aromatic rings. The molecule has 0 aliphatic heterocycles. The molecule has 1 amide bonds. The van der Waals surface area contributed by atoms with E-state index in [9.17, 15) is 13.2 Å². The molecule has 0 saturated carbocycles. The molecule has 5 nitrogen and oxygen atoms in total. The lowest BCUT2D eigenvalue weighted by Crippen LogP contribution is -2.32. The zero-order valence-electron chi connectivity index (χ0n) is 12.5. The van der Waals surface area contributed by atoms with E-state index in [1.54, 1.807) is 18.2 Å². The number of aryl methyl sites for hydroxylation is 2. The van der Waals surface area contributed by atoms with Gasteiger partial charge in [-0.15, -0.1) is 0 Å². The minimum atomic E-state index is -3.67. The van der Waals surface area contributed by atoms with Crippen LogP contribution in [-0.2, 0) is 14.8 Å². The standard InChI is InChI=1S/C16H18N2O3S/c1-12-8-13(2)10-14(9-12)18-16(19)11-17-22(20,21)15-6-4-3-5-7-15/h3-10,17H,11H2,1-2H3,(H,18,19). The van der Waals surface area contributed by atoms with Crippen LogP contribution in [0.2, 0.25) is 0 Å².